The van der Waals surface area contributed by atoms with E-state index in [0.717, 1.165) is 4.90 Å². The van der Waals surface area contributed by atoms with Crippen LogP contribution in [-0.2, 0) is 14.4 Å². The fourth-order valence-electron chi connectivity index (χ4n) is 2.42. The van der Waals surface area contributed by atoms with E-state index < -0.39 is 11.8 Å². The molecule has 2 aromatic carbocycles. The van der Waals surface area contributed by atoms with Gasteiger partial charge in [-0.25, -0.2) is 0 Å². The van der Waals surface area contributed by atoms with Crippen LogP contribution in [-0.4, -0.2) is 18.2 Å². The summed E-state index contributed by atoms with van der Waals surface area (Å²) in [5, 5.41) is 0.410. The Morgan fingerprint density at radius 2 is 1.68 bits per heavy atom. The molecule has 0 unspecified atom stereocenters. The number of fused-ring (bicyclic) bond motifs is 1. The summed E-state index contributed by atoms with van der Waals surface area (Å²) in [5.74, 6) is -0.980. The van der Waals surface area contributed by atoms with E-state index in [2.05, 4.69) is 0 Å². The van der Waals surface area contributed by atoms with E-state index in [1.807, 2.05) is 6.07 Å². The van der Waals surface area contributed by atoms with Crippen molar-refractivity contribution in [3.05, 3.63) is 53.6 Å². The van der Waals surface area contributed by atoms with Crippen molar-refractivity contribution in [2.24, 2.45) is 0 Å². The van der Waals surface area contributed by atoms with Gasteiger partial charge in [0.15, 0.2) is 0 Å². The van der Waals surface area contributed by atoms with Gasteiger partial charge in [0.2, 0.25) is 18.2 Å². The van der Waals surface area contributed by atoms with Crippen molar-refractivity contribution in [2.45, 2.75) is 6.42 Å². The van der Waals surface area contributed by atoms with E-state index in [1.54, 1.807) is 42.5 Å². The number of hydrogen-bond donors (Lipinski definition) is 0. The maximum Gasteiger partial charge on any atom is 0.243 e. The Hall–Kier alpha value is -2.66. The number of carbonyl (C=O) groups excluding carboxylic acids is 3. The van der Waals surface area contributed by atoms with Gasteiger partial charge in [-0.1, -0.05) is 29.8 Å². The van der Waals surface area contributed by atoms with Gasteiger partial charge in [-0.3, -0.25) is 24.2 Å². The molecule has 2 aromatic rings. The minimum atomic E-state index is -0.568. The van der Waals surface area contributed by atoms with E-state index in [-0.39, 0.29) is 6.42 Å². The van der Waals surface area contributed by atoms with Crippen molar-refractivity contribution in [3.8, 4) is 0 Å². The standard InChI is InChI=1S/C16H11ClN2O3/c17-11-6-7-13-14(8-11)19(12-4-2-1-3-5-12)16(22)9-15(21)18(13)10-20/h1-8,10H,9H2. The number of hydrogen-bond acceptors (Lipinski definition) is 3. The van der Waals surface area contributed by atoms with E-state index >= 15 is 0 Å². The molecule has 1 heterocycles. The molecule has 22 heavy (non-hydrogen) atoms. The topological polar surface area (TPSA) is 57.7 Å². The van der Waals surface area contributed by atoms with Crippen LogP contribution in [0.2, 0.25) is 5.02 Å². The van der Waals surface area contributed by atoms with Gasteiger partial charge < -0.3 is 0 Å². The Kier molecular flexibility index (Phi) is 3.65. The SMILES string of the molecule is O=CN1C(=O)CC(=O)N(c2ccccc2)c2cc(Cl)ccc21. The van der Waals surface area contributed by atoms with Crippen LogP contribution in [0.3, 0.4) is 0 Å². The molecule has 0 aromatic heterocycles. The fourth-order valence-corrected chi connectivity index (χ4v) is 2.58. The molecule has 0 fully saturated rings. The van der Waals surface area contributed by atoms with E-state index in [4.69, 9.17) is 11.6 Å². The first-order chi connectivity index (χ1) is 10.6. The van der Waals surface area contributed by atoms with Crippen LogP contribution >= 0.6 is 11.6 Å². The minimum absolute atomic E-state index is 0.333. The first-order valence-corrected chi connectivity index (χ1v) is 6.94. The number of halogens is 1. The molecule has 1 aliphatic rings. The predicted molar refractivity (Wildman–Crippen MR) is 83.2 cm³/mol. The Bertz CT molecular complexity index is 761. The van der Waals surface area contributed by atoms with Crippen molar-refractivity contribution in [1.29, 1.82) is 0 Å². The van der Waals surface area contributed by atoms with Gasteiger partial charge in [-0.05, 0) is 30.3 Å². The van der Waals surface area contributed by atoms with E-state index in [9.17, 15) is 14.4 Å². The third kappa shape index (κ3) is 2.35. The highest BCUT2D eigenvalue weighted by molar-refractivity contribution is 6.32. The highest BCUT2D eigenvalue weighted by Crippen LogP contribution is 2.38. The lowest BCUT2D eigenvalue weighted by Crippen LogP contribution is -2.30. The van der Waals surface area contributed by atoms with Crippen LogP contribution in [0.15, 0.2) is 48.5 Å². The lowest BCUT2D eigenvalue weighted by molar-refractivity contribution is -0.126. The molecule has 0 N–H and O–H groups in total. The third-order valence-electron chi connectivity index (χ3n) is 3.38. The number of amides is 3. The molecular formula is C16H11ClN2O3. The van der Waals surface area contributed by atoms with Crippen LogP contribution in [0.5, 0.6) is 0 Å². The molecule has 5 nitrogen and oxygen atoms in total. The molecule has 0 radical (unpaired) electrons. The molecule has 3 rings (SSSR count). The highest BCUT2D eigenvalue weighted by atomic mass is 35.5. The number of anilines is 3. The quantitative estimate of drug-likeness (QED) is 0.632. The Morgan fingerprint density at radius 3 is 2.36 bits per heavy atom. The first-order valence-electron chi connectivity index (χ1n) is 6.56. The Balaban J connectivity index is 2.26. The second-order valence-electron chi connectivity index (χ2n) is 4.74. The number of nitrogens with zero attached hydrogens (tertiary/aromatic N) is 2. The molecule has 0 spiro atoms. The summed E-state index contributed by atoms with van der Waals surface area (Å²) in [7, 11) is 0. The molecule has 0 saturated carbocycles. The second kappa shape index (κ2) is 5.61. The number of benzene rings is 2. The smallest absolute Gasteiger partial charge is 0.243 e. The van der Waals surface area contributed by atoms with Crippen molar-refractivity contribution in [3.63, 3.8) is 0 Å². The van der Waals surface area contributed by atoms with Crippen molar-refractivity contribution in [1.82, 2.24) is 0 Å². The average Bonchev–Trinajstić information content (AvgIpc) is 2.60. The van der Waals surface area contributed by atoms with Crippen LogP contribution < -0.4 is 9.80 Å². The van der Waals surface area contributed by atoms with Gasteiger partial charge in [-0.15, -0.1) is 0 Å². The van der Waals surface area contributed by atoms with Gasteiger partial charge in [0, 0.05) is 10.7 Å². The summed E-state index contributed by atoms with van der Waals surface area (Å²) >= 11 is 6.03. The number of rotatable bonds is 2. The Morgan fingerprint density at radius 1 is 0.955 bits per heavy atom. The molecule has 0 aliphatic carbocycles. The molecule has 1 aliphatic heterocycles. The molecule has 3 amide bonds. The average molecular weight is 315 g/mol. The molecule has 6 heteroatoms. The summed E-state index contributed by atoms with van der Waals surface area (Å²) in [4.78, 5) is 38.2. The molecule has 0 saturated heterocycles. The summed E-state index contributed by atoms with van der Waals surface area (Å²) in [6.07, 6.45) is 0.0246. The monoisotopic (exact) mass is 314 g/mol. The van der Waals surface area contributed by atoms with Gasteiger partial charge in [0.25, 0.3) is 0 Å². The van der Waals surface area contributed by atoms with Gasteiger partial charge in [-0.2, -0.15) is 0 Å². The highest BCUT2D eigenvalue weighted by Gasteiger charge is 2.32. The number of para-hydroxylation sites is 1. The number of imide groups is 1. The van der Waals surface area contributed by atoms with Crippen LogP contribution in [0.1, 0.15) is 6.42 Å². The van der Waals surface area contributed by atoms with Crippen molar-refractivity contribution >= 4 is 46.9 Å². The van der Waals surface area contributed by atoms with Gasteiger partial charge >= 0.3 is 0 Å². The zero-order valence-electron chi connectivity index (χ0n) is 11.4. The predicted octanol–water partition coefficient (Wildman–Crippen LogP) is 2.90. The molecule has 0 atom stereocenters. The first kappa shape index (κ1) is 14.3. The summed E-state index contributed by atoms with van der Waals surface area (Å²) in [5.41, 5.74) is 1.34. The van der Waals surface area contributed by atoms with Crippen LogP contribution in [0, 0.1) is 0 Å². The van der Waals surface area contributed by atoms with Gasteiger partial charge in [0.1, 0.15) is 6.42 Å². The zero-order valence-corrected chi connectivity index (χ0v) is 12.2. The number of carbonyl (C=O) groups is 3. The Labute approximate surface area is 131 Å². The third-order valence-corrected chi connectivity index (χ3v) is 3.61. The van der Waals surface area contributed by atoms with Crippen LogP contribution in [0.4, 0.5) is 17.1 Å². The van der Waals surface area contributed by atoms with E-state index in [0.29, 0.717) is 28.5 Å². The maximum atomic E-state index is 12.5. The zero-order chi connectivity index (χ0) is 15.7. The largest absolute Gasteiger partial charge is 0.278 e. The summed E-state index contributed by atoms with van der Waals surface area (Å²) in [6, 6.07) is 13.6. The molecule has 110 valence electrons. The fraction of sp³-hybridized carbons (Fsp3) is 0.0625. The van der Waals surface area contributed by atoms with Crippen molar-refractivity contribution < 1.29 is 14.4 Å². The maximum absolute atomic E-state index is 12.5. The van der Waals surface area contributed by atoms with E-state index in [1.165, 1.54) is 4.90 Å². The minimum Gasteiger partial charge on any atom is -0.278 e. The van der Waals surface area contributed by atoms with Crippen LogP contribution in [0.25, 0.3) is 0 Å². The lowest BCUT2D eigenvalue weighted by Gasteiger charge is -2.23. The molecule has 0 bridgehead atoms. The van der Waals surface area contributed by atoms with Crippen molar-refractivity contribution in [2.75, 3.05) is 9.80 Å². The summed E-state index contributed by atoms with van der Waals surface area (Å²) in [6.45, 7) is 0. The molecular weight excluding hydrogens is 304 g/mol. The normalized spacial score (nSPS) is 14.6. The lowest BCUT2D eigenvalue weighted by atomic mass is 10.2. The van der Waals surface area contributed by atoms with Gasteiger partial charge in [0.05, 0.1) is 11.4 Å². The second-order valence-corrected chi connectivity index (χ2v) is 5.18. The summed E-state index contributed by atoms with van der Waals surface area (Å²) < 4.78 is 0.